The van der Waals surface area contributed by atoms with Gasteiger partial charge in [0.15, 0.2) is 0 Å². The summed E-state index contributed by atoms with van der Waals surface area (Å²) in [6.07, 6.45) is 2.02. The summed E-state index contributed by atoms with van der Waals surface area (Å²) in [5.41, 5.74) is 5.13. The van der Waals surface area contributed by atoms with Crippen LogP contribution in [0, 0.1) is 13.8 Å². The molecule has 3 aromatic rings. The quantitative estimate of drug-likeness (QED) is 0.560. The number of β-amino-alcohol motifs (C(OH)–C–C–N with tert-alkyl or cyclic N) is 1. The first kappa shape index (κ1) is 19.5. The van der Waals surface area contributed by atoms with Crippen molar-refractivity contribution in [3.63, 3.8) is 0 Å². The number of aromatic nitrogens is 2. The number of thioether (sulfide) groups is 1. The molecule has 0 saturated carbocycles. The first-order valence-electron chi connectivity index (χ1n) is 9.40. The number of nitrogens with one attached hydrogen (secondary N) is 1. The summed E-state index contributed by atoms with van der Waals surface area (Å²) in [6.45, 7) is 3.93. The fraction of sp³-hybridized carbons (Fsp3) is 0.273. The van der Waals surface area contributed by atoms with Gasteiger partial charge in [-0.3, -0.25) is 9.89 Å². The molecule has 1 aromatic heterocycles. The number of benzene rings is 2. The number of carbonyl (C=O) groups excluding carboxylic acids is 1. The number of fused-ring (bicyclic) bond motifs is 1. The second kappa shape index (κ2) is 7.57. The molecule has 7 heteroatoms. The average Bonchev–Trinajstić information content (AvgIpc) is 3.22. The molecule has 150 valence electrons. The zero-order valence-corrected chi connectivity index (χ0v) is 17.4. The van der Waals surface area contributed by atoms with Gasteiger partial charge in [-0.25, -0.2) is 0 Å². The molecule has 1 aliphatic rings. The van der Waals surface area contributed by atoms with E-state index in [1.807, 2.05) is 50.4 Å². The van der Waals surface area contributed by atoms with E-state index in [0.717, 1.165) is 27.1 Å². The number of carbonyl (C=O) groups is 1. The summed E-state index contributed by atoms with van der Waals surface area (Å²) in [5.74, 6) is -0.0580. The van der Waals surface area contributed by atoms with Gasteiger partial charge in [0.05, 0.1) is 12.6 Å². The molecule has 0 radical (unpaired) electrons. The number of aliphatic hydroxyl groups is 1. The first-order chi connectivity index (χ1) is 14.0. The minimum absolute atomic E-state index is 0.132. The summed E-state index contributed by atoms with van der Waals surface area (Å²) in [6, 6.07) is 11.4. The van der Waals surface area contributed by atoms with Gasteiger partial charge in [-0.15, -0.1) is 11.8 Å². The number of phenols is 1. The van der Waals surface area contributed by atoms with Crippen LogP contribution < -0.4 is 0 Å². The van der Waals surface area contributed by atoms with Crippen LogP contribution in [0.25, 0.3) is 11.3 Å². The molecule has 1 aliphatic heterocycles. The lowest BCUT2D eigenvalue weighted by Gasteiger charge is -2.26. The molecule has 0 fully saturated rings. The Balaban J connectivity index is 1.91. The molecule has 0 aliphatic carbocycles. The van der Waals surface area contributed by atoms with Gasteiger partial charge in [-0.05, 0) is 55.0 Å². The summed E-state index contributed by atoms with van der Waals surface area (Å²) in [4.78, 5) is 15.8. The molecule has 0 bridgehead atoms. The molecule has 2 heterocycles. The first-order valence-corrected chi connectivity index (χ1v) is 10.6. The Morgan fingerprint density at radius 1 is 1.21 bits per heavy atom. The molecule has 4 rings (SSSR count). The third kappa shape index (κ3) is 3.20. The highest BCUT2D eigenvalue weighted by molar-refractivity contribution is 7.98. The van der Waals surface area contributed by atoms with Crippen LogP contribution >= 0.6 is 11.8 Å². The fourth-order valence-corrected chi connectivity index (χ4v) is 4.52. The number of aromatic hydroxyl groups is 1. The van der Waals surface area contributed by atoms with Gasteiger partial charge in [0.1, 0.15) is 17.1 Å². The Morgan fingerprint density at radius 3 is 2.55 bits per heavy atom. The van der Waals surface area contributed by atoms with Crippen molar-refractivity contribution >= 4 is 17.7 Å². The number of hydrogen-bond acceptors (Lipinski definition) is 5. The lowest BCUT2D eigenvalue weighted by molar-refractivity contribution is 0.0706. The van der Waals surface area contributed by atoms with Crippen molar-refractivity contribution in [3.05, 3.63) is 64.3 Å². The Bertz CT molecular complexity index is 1050. The van der Waals surface area contributed by atoms with E-state index >= 15 is 0 Å². The summed E-state index contributed by atoms with van der Waals surface area (Å²) >= 11 is 1.65. The van der Waals surface area contributed by atoms with Crippen LogP contribution in [0.2, 0.25) is 0 Å². The molecule has 29 heavy (non-hydrogen) atoms. The zero-order valence-electron chi connectivity index (χ0n) is 16.6. The SMILES string of the molecule is CSc1ccc([C@@H]2c3c(-c4c(C)cc(C)cc4O)n[nH]c3C(=O)N2CCO)cc1. The van der Waals surface area contributed by atoms with Gasteiger partial charge in [-0.1, -0.05) is 18.2 Å². The highest BCUT2D eigenvalue weighted by atomic mass is 32.2. The van der Waals surface area contributed by atoms with Crippen molar-refractivity contribution < 1.29 is 15.0 Å². The molecule has 2 aromatic carbocycles. The van der Waals surface area contributed by atoms with Crippen LogP contribution in [0.3, 0.4) is 0 Å². The average molecular weight is 410 g/mol. The van der Waals surface area contributed by atoms with E-state index in [2.05, 4.69) is 10.2 Å². The predicted octanol–water partition coefficient (Wildman–Crippen LogP) is 3.66. The topological polar surface area (TPSA) is 89.5 Å². The molecule has 1 amide bonds. The van der Waals surface area contributed by atoms with Gasteiger partial charge in [0.25, 0.3) is 5.91 Å². The lowest BCUT2D eigenvalue weighted by Crippen LogP contribution is -2.32. The van der Waals surface area contributed by atoms with Crippen LogP contribution in [0.1, 0.15) is 38.8 Å². The predicted molar refractivity (Wildman–Crippen MR) is 113 cm³/mol. The maximum Gasteiger partial charge on any atom is 0.273 e. The minimum atomic E-state index is -0.380. The Labute approximate surface area is 173 Å². The Hall–Kier alpha value is -2.77. The van der Waals surface area contributed by atoms with Gasteiger partial charge >= 0.3 is 0 Å². The van der Waals surface area contributed by atoms with Crippen LogP contribution in [0.5, 0.6) is 5.75 Å². The maximum atomic E-state index is 13.0. The number of phenolic OH excluding ortho intramolecular Hbond substituents is 1. The van der Waals surface area contributed by atoms with Crippen molar-refractivity contribution in [1.29, 1.82) is 0 Å². The van der Waals surface area contributed by atoms with E-state index in [4.69, 9.17) is 0 Å². The number of aromatic amines is 1. The van der Waals surface area contributed by atoms with Crippen LogP contribution in [0.4, 0.5) is 0 Å². The van der Waals surface area contributed by atoms with Crippen LogP contribution in [-0.2, 0) is 0 Å². The number of amides is 1. The molecule has 0 unspecified atom stereocenters. The second-order valence-electron chi connectivity index (χ2n) is 7.23. The number of rotatable bonds is 5. The summed E-state index contributed by atoms with van der Waals surface area (Å²) in [7, 11) is 0. The highest BCUT2D eigenvalue weighted by Gasteiger charge is 2.42. The largest absolute Gasteiger partial charge is 0.507 e. The van der Waals surface area contributed by atoms with Gasteiger partial charge in [0.2, 0.25) is 0 Å². The number of aryl methyl sites for hydroxylation is 2. The number of aliphatic hydroxyl groups excluding tert-OH is 1. The number of nitrogens with zero attached hydrogens (tertiary/aromatic N) is 2. The van der Waals surface area contributed by atoms with E-state index < -0.39 is 0 Å². The molecule has 6 nitrogen and oxygen atoms in total. The van der Waals surface area contributed by atoms with E-state index in [1.54, 1.807) is 22.7 Å². The van der Waals surface area contributed by atoms with Gasteiger partial charge in [-0.2, -0.15) is 5.10 Å². The Kier molecular flexibility index (Phi) is 5.10. The normalized spacial score (nSPS) is 15.8. The van der Waals surface area contributed by atoms with Crippen molar-refractivity contribution in [2.45, 2.75) is 24.8 Å². The summed E-state index contributed by atoms with van der Waals surface area (Å²) in [5, 5.41) is 27.5. The molecule has 0 spiro atoms. The third-order valence-electron chi connectivity index (χ3n) is 5.33. The van der Waals surface area contributed by atoms with Gasteiger partial charge < -0.3 is 15.1 Å². The van der Waals surface area contributed by atoms with E-state index in [-0.39, 0.29) is 30.9 Å². The minimum Gasteiger partial charge on any atom is -0.507 e. The smallest absolute Gasteiger partial charge is 0.273 e. The standard InChI is InChI=1S/C22H23N3O3S/c1-12-10-13(2)17(16(27)11-12)19-18-20(24-23-19)22(28)25(8-9-26)21(18)14-4-6-15(29-3)7-5-14/h4-7,10-11,21,26-27H,8-9H2,1-3H3,(H,23,24)/t21-/m1/s1. The van der Waals surface area contributed by atoms with Gasteiger partial charge in [0, 0.05) is 22.6 Å². The number of H-pyrrole nitrogens is 1. The second-order valence-corrected chi connectivity index (χ2v) is 8.11. The number of hydrogen-bond donors (Lipinski definition) is 3. The monoisotopic (exact) mass is 409 g/mol. The van der Waals surface area contributed by atoms with Crippen molar-refractivity contribution in [1.82, 2.24) is 15.1 Å². The molecular weight excluding hydrogens is 386 g/mol. The van der Waals surface area contributed by atoms with E-state index in [0.29, 0.717) is 17.0 Å². The molecule has 1 atom stereocenters. The third-order valence-corrected chi connectivity index (χ3v) is 6.08. The van der Waals surface area contributed by atoms with Crippen LogP contribution in [0.15, 0.2) is 41.3 Å². The van der Waals surface area contributed by atoms with Crippen molar-refractivity contribution in [2.75, 3.05) is 19.4 Å². The fourth-order valence-electron chi connectivity index (χ4n) is 4.11. The van der Waals surface area contributed by atoms with Crippen LogP contribution in [-0.4, -0.2) is 50.6 Å². The molecule has 3 N–H and O–H groups in total. The Morgan fingerprint density at radius 2 is 1.93 bits per heavy atom. The zero-order chi connectivity index (χ0) is 20.7. The molecular formula is C22H23N3O3S. The van der Waals surface area contributed by atoms with Crippen molar-refractivity contribution in [3.8, 4) is 17.0 Å². The van der Waals surface area contributed by atoms with E-state index in [1.165, 1.54) is 0 Å². The van der Waals surface area contributed by atoms with Crippen molar-refractivity contribution in [2.24, 2.45) is 0 Å². The summed E-state index contributed by atoms with van der Waals surface area (Å²) < 4.78 is 0. The lowest BCUT2D eigenvalue weighted by atomic mass is 9.93. The van der Waals surface area contributed by atoms with E-state index in [9.17, 15) is 15.0 Å². The maximum absolute atomic E-state index is 13.0. The molecule has 0 saturated heterocycles. The highest BCUT2D eigenvalue weighted by Crippen LogP contribution is 2.45.